The first-order chi connectivity index (χ1) is 10.0. The van der Waals surface area contributed by atoms with Crippen LogP contribution in [0.5, 0.6) is 0 Å². The van der Waals surface area contributed by atoms with Gasteiger partial charge in [0.2, 0.25) is 0 Å². The SMILES string of the molecule is Cc1ccc(Nc2nc3ccc(C(=O)O)cc3o2)c(C)n1. The lowest BCUT2D eigenvalue weighted by Crippen LogP contribution is -1.96. The molecular formula is C15H13N3O3. The van der Waals surface area contributed by atoms with E-state index < -0.39 is 5.97 Å². The zero-order valence-electron chi connectivity index (χ0n) is 11.5. The lowest BCUT2D eigenvalue weighted by molar-refractivity contribution is 0.0697. The number of aromatic nitrogens is 2. The number of carbonyl (C=O) groups is 1. The third kappa shape index (κ3) is 2.55. The predicted molar refractivity (Wildman–Crippen MR) is 78.0 cm³/mol. The average Bonchev–Trinajstić information content (AvgIpc) is 2.83. The number of nitrogens with one attached hydrogen (secondary N) is 1. The van der Waals surface area contributed by atoms with Crippen molar-refractivity contribution in [2.45, 2.75) is 13.8 Å². The standard InChI is InChI=1S/C15H13N3O3/c1-8-3-5-11(9(2)16-8)17-15-18-12-6-4-10(14(19)20)7-13(12)21-15/h3-7H,1-2H3,(H,17,18)(H,19,20). The summed E-state index contributed by atoms with van der Waals surface area (Å²) in [4.78, 5) is 19.6. The number of carboxylic acid groups (broad SMARTS) is 1. The summed E-state index contributed by atoms with van der Waals surface area (Å²) in [5.41, 5.74) is 3.75. The highest BCUT2D eigenvalue weighted by Crippen LogP contribution is 2.24. The van der Waals surface area contributed by atoms with Gasteiger partial charge in [0.1, 0.15) is 5.52 Å². The number of pyridine rings is 1. The van der Waals surface area contributed by atoms with Crippen molar-refractivity contribution in [2.75, 3.05) is 5.32 Å². The molecular weight excluding hydrogens is 270 g/mol. The first-order valence-corrected chi connectivity index (χ1v) is 6.38. The molecule has 0 saturated heterocycles. The molecule has 0 saturated carbocycles. The van der Waals surface area contributed by atoms with Crippen molar-refractivity contribution in [1.29, 1.82) is 0 Å². The van der Waals surface area contributed by atoms with E-state index in [9.17, 15) is 4.79 Å². The highest BCUT2D eigenvalue weighted by molar-refractivity contribution is 5.92. The smallest absolute Gasteiger partial charge is 0.335 e. The molecule has 0 spiro atoms. The number of benzene rings is 1. The molecule has 1 aromatic carbocycles. The zero-order chi connectivity index (χ0) is 15.0. The Morgan fingerprint density at radius 2 is 2.00 bits per heavy atom. The fraction of sp³-hybridized carbons (Fsp3) is 0.133. The van der Waals surface area contributed by atoms with Crippen LogP contribution in [0.4, 0.5) is 11.7 Å². The van der Waals surface area contributed by atoms with Gasteiger partial charge in [-0.25, -0.2) is 4.79 Å². The maximum Gasteiger partial charge on any atom is 0.335 e. The molecule has 106 valence electrons. The second-order valence-corrected chi connectivity index (χ2v) is 4.72. The fourth-order valence-electron chi connectivity index (χ4n) is 2.04. The van der Waals surface area contributed by atoms with Crippen LogP contribution in [0.2, 0.25) is 0 Å². The highest BCUT2D eigenvalue weighted by Gasteiger charge is 2.10. The summed E-state index contributed by atoms with van der Waals surface area (Å²) < 4.78 is 5.53. The second kappa shape index (κ2) is 4.90. The Labute approximate surface area is 120 Å². The van der Waals surface area contributed by atoms with E-state index in [0.29, 0.717) is 17.1 Å². The molecule has 0 aliphatic heterocycles. The molecule has 3 aromatic rings. The van der Waals surface area contributed by atoms with Crippen molar-refractivity contribution < 1.29 is 14.3 Å². The number of carboxylic acids is 1. The largest absolute Gasteiger partial charge is 0.478 e. The molecule has 0 atom stereocenters. The number of nitrogens with zero attached hydrogens (tertiary/aromatic N) is 2. The van der Waals surface area contributed by atoms with Gasteiger partial charge in [-0.15, -0.1) is 0 Å². The first-order valence-electron chi connectivity index (χ1n) is 6.38. The Kier molecular flexibility index (Phi) is 3.06. The minimum absolute atomic E-state index is 0.165. The van der Waals surface area contributed by atoms with Gasteiger partial charge in [-0.3, -0.25) is 4.98 Å². The molecule has 6 heteroatoms. The maximum atomic E-state index is 10.9. The minimum Gasteiger partial charge on any atom is -0.478 e. The van der Waals surface area contributed by atoms with Gasteiger partial charge in [0, 0.05) is 5.69 Å². The number of hydrogen-bond acceptors (Lipinski definition) is 5. The van der Waals surface area contributed by atoms with Gasteiger partial charge in [-0.1, -0.05) is 0 Å². The molecule has 0 aliphatic rings. The molecule has 2 heterocycles. The Morgan fingerprint density at radius 3 is 2.71 bits per heavy atom. The topological polar surface area (TPSA) is 88.2 Å². The molecule has 2 aromatic heterocycles. The predicted octanol–water partition coefficient (Wildman–Crippen LogP) is 3.28. The number of rotatable bonds is 3. The Balaban J connectivity index is 1.95. The lowest BCUT2D eigenvalue weighted by Gasteiger charge is -2.05. The summed E-state index contributed by atoms with van der Waals surface area (Å²) in [6.07, 6.45) is 0. The Morgan fingerprint density at radius 1 is 1.19 bits per heavy atom. The molecule has 0 bridgehead atoms. The maximum absolute atomic E-state index is 10.9. The van der Waals surface area contributed by atoms with E-state index >= 15 is 0 Å². The van der Waals surface area contributed by atoms with Crippen LogP contribution >= 0.6 is 0 Å². The molecule has 0 unspecified atom stereocenters. The molecule has 6 nitrogen and oxygen atoms in total. The number of oxazole rings is 1. The lowest BCUT2D eigenvalue weighted by atomic mass is 10.2. The molecule has 21 heavy (non-hydrogen) atoms. The minimum atomic E-state index is -0.999. The van der Waals surface area contributed by atoms with Crippen molar-refractivity contribution in [2.24, 2.45) is 0 Å². The summed E-state index contributed by atoms with van der Waals surface area (Å²) in [5.74, 6) is -0.999. The van der Waals surface area contributed by atoms with E-state index in [4.69, 9.17) is 9.52 Å². The van der Waals surface area contributed by atoms with Gasteiger partial charge in [0.05, 0.1) is 16.9 Å². The summed E-state index contributed by atoms with van der Waals surface area (Å²) in [6.45, 7) is 3.81. The van der Waals surface area contributed by atoms with Crippen molar-refractivity contribution in [1.82, 2.24) is 9.97 Å². The third-order valence-electron chi connectivity index (χ3n) is 3.10. The molecule has 0 amide bonds. The number of fused-ring (bicyclic) bond motifs is 1. The van der Waals surface area contributed by atoms with Crippen LogP contribution in [-0.4, -0.2) is 21.0 Å². The molecule has 0 fully saturated rings. The molecule has 2 N–H and O–H groups in total. The van der Waals surface area contributed by atoms with Gasteiger partial charge in [0.15, 0.2) is 5.58 Å². The number of aromatic carboxylic acids is 1. The van der Waals surface area contributed by atoms with E-state index in [0.717, 1.165) is 17.1 Å². The zero-order valence-corrected chi connectivity index (χ0v) is 11.5. The third-order valence-corrected chi connectivity index (χ3v) is 3.10. The Hall–Kier alpha value is -2.89. The average molecular weight is 283 g/mol. The van der Waals surface area contributed by atoms with Crippen molar-refractivity contribution in [3.63, 3.8) is 0 Å². The van der Waals surface area contributed by atoms with Crippen LogP contribution in [0.3, 0.4) is 0 Å². The van der Waals surface area contributed by atoms with Crippen molar-refractivity contribution in [3.05, 3.63) is 47.3 Å². The van der Waals surface area contributed by atoms with Crippen LogP contribution < -0.4 is 5.32 Å². The van der Waals surface area contributed by atoms with Crippen molar-refractivity contribution >= 4 is 28.8 Å². The monoisotopic (exact) mass is 283 g/mol. The summed E-state index contributed by atoms with van der Waals surface area (Å²) in [7, 11) is 0. The first kappa shape index (κ1) is 13.1. The highest BCUT2D eigenvalue weighted by atomic mass is 16.4. The Bertz CT molecular complexity index is 839. The van der Waals surface area contributed by atoms with Crippen LogP contribution in [0.1, 0.15) is 21.7 Å². The van der Waals surface area contributed by atoms with Crippen LogP contribution in [-0.2, 0) is 0 Å². The summed E-state index contributed by atoms with van der Waals surface area (Å²) >= 11 is 0. The van der Waals surface area contributed by atoms with Crippen molar-refractivity contribution in [3.8, 4) is 0 Å². The number of hydrogen-bond donors (Lipinski definition) is 2. The molecule has 0 aliphatic carbocycles. The van der Waals surface area contributed by atoms with E-state index in [1.807, 2.05) is 26.0 Å². The van der Waals surface area contributed by atoms with E-state index in [1.54, 1.807) is 6.07 Å². The molecule has 3 rings (SSSR count). The van der Waals surface area contributed by atoms with Gasteiger partial charge < -0.3 is 14.8 Å². The van der Waals surface area contributed by atoms with E-state index in [2.05, 4.69) is 15.3 Å². The van der Waals surface area contributed by atoms with Gasteiger partial charge in [-0.2, -0.15) is 4.98 Å². The van der Waals surface area contributed by atoms with Gasteiger partial charge in [-0.05, 0) is 44.2 Å². The van der Waals surface area contributed by atoms with Crippen LogP contribution in [0.15, 0.2) is 34.7 Å². The quantitative estimate of drug-likeness (QED) is 0.766. The normalized spacial score (nSPS) is 10.8. The molecule has 0 radical (unpaired) electrons. The fourth-order valence-corrected chi connectivity index (χ4v) is 2.04. The van der Waals surface area contributed by atoms with Gasteiger partial charge >= 0.3 is 5.97 Å². The van der Waals surface area contributed by atoms with E-state index in [1.165, 1.54) is 12.1 Å². The summed E-state index contributed by atoms with van der Waals surface area (Å²) in [5, 5.41) is 12.0. The number of anilines is 2. The summed E-state index contributed by atoms with van der Waals surface area (Å²) in [6, 6.07) is 8.66. The van der Waals surface area contributed by atoms with Crippen LogP contribution in [0, 0.1) is 13.8 Å². The number of aryl methyl sites for hydroxylation is 2. The van der Waals surface area contributed by atoms with Gasteiger partial charge in [0.25, 0.3) is 6.01 Å². The van der Waals surface area contributed by atoms with E-state index in [-0.39, 0.29) is 5.56 Å². The van der Waals surface area contributed by atoms with Crippen LogP contribution in [0.25, 0.3) is 11.1 Å². The second-order valence-electron chi connectivity index (χ2n) is 4.72.